The van der Waals surface area contributed by atoms with E-state index in [0.717, 1.165) is 10.6 Å². The molecule has 20 heavy (non-hydrogen) atoms. The van der Waals surface area contributed by atoms with E-state index in [1.807, 2.05) is 6.07 Å². The van der Waals surface area contributed by atoms with Crippen LogP contribution in [0.5, 0.6) is 5.75 Å². The Labute approximate surface area is 126 Å². The van der Waals surface area contributed by atoms with Crippen LogP contribution in [-0.2, 0) is 0 Å². The van der Waals surface area contributed by atoms with Crippen LogP contribution < -0.4 is 4.43 Å². The summed E-state index contributed by atoms with van der Waals surface area (Å²) in [7, 11) is -1.79. The van der Waals surface area contributed by atoms with E-state index in [4.69, 9.17) is 4.43 Å². The standard InChI is InChI=1S/C16H24O2SSi/c1-11(17)14-9-12-7-8-13(10-15(12)19-14)18-20(5,6)16(2,3)4/h7-11,17H,1-6H3. The lowest BCUT2D eigenvalue weighted by molar-refractivity contribution is 0.203. The molecule has 2 aromatic rings. The highest BCUT2D eigenvalue weighted by molar-refractivity contribution is 7.19. The van der Waals surface area contributed by atoms with Crippen LogP contribution in [0.1, 0.15) is 38.7 Å². The van der Waals surface area contributed by atoms with Gasteiger partial charge in [-0.05, 0) is 54.7 Å². The van der Waals surface area contributed by atoms with Gasteiger partial charge in [-0.3, -0.25) is 0 Å². The highest BCUT2D eigenvalue weighted by atomic mass is 32.1. The number of benzene rings is 1. The first-order chi connectivity index (χ1) is 9.10. The molecule has 4 heteroatoms. The largest absolute Gasteiger partial charge is 0.543 e. The van der Waals surface area contributed by atoms with Crippen molar-refractivity contribution in [3.63, 3.8) is 0 Å². The van der Waals surface area contributed by atoms with Crippen LogP contribution in [0.3, 0.4) is 0 Å². The topological polar surface area (TPSA) is 29.5 Å². The van der Waals surface area contributed by atoms with Crippen molar-refractivity contribution in [2.24, 2.45) is 0 Å². The van der Waals surface area contributed by atoms with Crippen LogP contribution >= 0.6 is 11.3 Å². The molecule has 1 N–H and O–H groups in total. The Kier molecular flexibility index (Phi) is 4.02. The summed E-state index contributed by atoms with van der Waals surface area (Å²) >= 11 is 1.64. The summed E-state index contributed by atoms with van der Waals surface area (Å²) in [6, 6.07) is 8.29. The Bertz CT molecular complexity index is 608. The molecule has 0 amide bonds. The van der Waals surface area contributed by atoms with Gasteiger partial charge in [0, 0.05) is 9.58 Å². The van der Waals surface area contributed by atoms with Crippen LogP contribution in [0, 0.1) is 0 Å². The molecule has 0 bridgehead atoms. The molecule has 0 aliphatic carbocycles. The SMILES string of the molecule is CC(O)c1cc2ccc(O[Si](C)(C)C(C)(C)C)cc2s1. The third-order valence-electron chi connectivity index (χ3n) is 4.10. The number of hydrogen-bond donors (Lipinski definition) is 1. The molecule has 0 saturated carbocycles. The van der Waals surface area contributed by atoms with E-state index in [1.54, 1.807) is 18.3 Å². The van der Waals surface area contributed by atoms with E-state index in [1.165, 1.54) is 10.1 Å². The number of aliphatic hydroxyl groups is 1. The zero-order valence-electron chi connectivity index (χ0n) is 13.2. The van der Waals surface area contributed by atoms with Crippen molar-refractivity contribution in [2.75, 3.05) is 0 Å². The lowest BCUT2D eigenvalue weighted by Gasteiger charge is -2.36. The minimum atomic E-state index is -1.79. The van der Waals surface area contributed by atoms with Crippen molar-refractivity contribution in [2.45, 2.75) is 51.9 Å². The maximum absolute atomic E-state index is 9.67. The number of aliphatic hydroxyl groups excluding tert-OH is 1. The molecule has 0 saturated heterocycles. The lowest BCUT2D eigenvalue weighted by atomic mass is 10.2. The normalized spacial score (nSPS) is 14.6. The van der Waals surface area contributed by atoms with Gasteiger partial charge in [-0.2, -0.15) is 0 Å². The second kappa shape index (κ2) is 5.17. The molecule has 1 heterocycles. The number of rotatable bonds is 3. The molecule has 110 valence electrons. The maximum Gasteiger partial charge on any atom is 0.250 e. The van der Waals surface area contributed by atoms with Crippen molar-refractivity contribution < 1.29 is 9.53 Å². The smallest absolute Gasteiger partial charge is 0.250 e. The molecular weight excluding hydrogens is 284 g/mol. The monoisotopic (exact) mass is 308 g/mol. The molecular formula is C16H24O2SSi. The van der Waals surface area contributed by atoms with Gasteiger partial charge >= 0.3 is 0 Å². The summed E-state index contributed by atoms with van der Waals surface area (Å²) in [5.74, 6) is 0.947. The third kappa shape index (κ3) is 3.08. The lowest BCUT2D eigenvalue weighted by Crippen LogP contribution is -2.43. The van der Waals surface area contributed by atoms with Gasteiger partial charge in [0.15, 0.2) is 0 Å². The molecule has 0 radical (unpaired) electrons. The van der Waals surface area contributed by atoms with Crippen molar-refractivity contribution >= 4 is 29.7 Å². The van der Waals surface area contributed by atoms with E-state index in [0.29, 0.717) is 0 Å². The van der Waals surface area contributed by atoms with E-state index in [-0.39, 0.29) is 5.04 Å². The first-order valence-electron chi connectivity index (χ1n) is 7.01. The second-order valence-corrected chi connectivity index (χ2v) is 12.7. The second-order valence-electron chi connectivity index (χ2n) is 6.89. The Morgan fingerprint density at radius 3 is 2.40 bits per heavy atom. The Hall–Kier alpha value is -0.843. The van der Waals surface area contributed by atoms with Crippen LogP contribution in [0.2, 0.25) is 18.1 Å². The molecule has 2 rings (SSSR count). The number of fused-ring (bicyclic) bond motifs is 1. The molecule has 1 aromatic heterocycles. The van der Waals surface area contributed by atoms with Gasteiger partial charge in [0.05, 0.1) is 6.10 Å². The molecule has 1 unspecified atom stereocenters. The summed E-state index contributed by atoms with van der Waals surface area (Å²) in [6.07, 6.45) is -0.405. The maximum atomic E-state index is 9.67. The first kappa shape index (κ1) is 15.5. The van der Waals surface area contributed by atoms with Gasteiger partial charge in [-0.1, -0.05) is 20.8 Å². The van der Waals surface area contributed by atoms with Crippen molar-refractivity contribution in [3.8, 4) is 5.75 Å². The van der Waals surface area contributed by atoms with Gasteiger partial charge in [-0.25, -0.2) is 0 Å². The molecule has 0 aliphatic rings. The zero-order chi connectivity index (χ0) is 15.1. The predicted molar refractivity (Wildman–Crippen MR) is 90.3 cm³/mol. The molecule has 1 atom stereocenters. The molecule has 0 aliphatic heterocycles. The summed E-state index contributed by atoms with van der Waals surface area (Å²) in [6.45, 7) is 13.1. The highest BCUT2D eigenvalue weighted by Crippen LogP contribution is 2.39. The van der Waals surface area contributed by atoms with Crippen molar-refractivity contribution in [1.82, 2.24) is 0 Å². The van der Waals surface area contributed by atoms with Crippen molar-refractivity contribution in [3.05, 3.63) is 29.1 Å². The van der Waals surface area contributed by atoms with Gasteiger partial charge in [-0.15, -0.1) is 11.3 Å². The van der Waals surface area contributed by atoms with E-state index >= 15 is 0 Å². The van der Waals surface area contributed by atoms with Crippen LogP contribution in [-0.4, -0.2) is 13.4 Å². The quantitative estimate of drug-likeness (QED) is 0.776. The third-order valence-corrected chi connectivity index (χ3v) is 9.73. The minimum Gasteiger partial charge on any atom is -0.543 e. The highest BCUT2D eigenvalue weighted by Gasteiger charge is 2.38. The fraction of sp³-hybridized carbons (Fsp3) is 0.500. The van der Waals surface area contributed by atoms with Crippen LogP contribution in [0.15, 0.2) is 24.3 Å². The average molecular weight is 309 g/mol. The Morgan fingerprint density at radius 2 is 1.85 bits per heavy atom. The number of hydrogen-bond acceptors (Lipinski definition) is 3. The summed E-state index contributed by atoms with van der Waals surface area (Å²) in [5.41, 5.74) is 0. The predicted octanol–water partition coefficient (Wildman–Crippen LogP) is 5.34. The van der Waals surface area contributed by atoms with E-state index < -0.39 is 14.4 Å². The van der Waals surface area contributed by atoms with Gasteiger partial charge in [0.1, 0.15) is 5.75 Å². The zero-order valence-corrected chi connectivity index (χ0v) is 15.0. The van der Waals surface area contributed by atoms with E-state index in [2.05, 4.69) is 52.1 Å². The van der Waals surface area contributed by atoms with Crippen LogP contribution in [0.4, 0.5) is 0 Å². The number of thiophene rings is 1. The molecule has 0 fully saturated rings. The van der Waals surface area contributed by atoms with Gasteiger partial charge in [0.2, 0.25) is 8.32 Å². The van der Waals surface area contributed by atoms with Crippen LogP contribution in [0.25, 0.3) is 10.1 Å². The van der Waals surface area contributed by atoms with E-state index in [9.17, 15) is 5.11 Å². The van der Waals surface area contributed by atoms with Gasteiger partial charge < -0.3 is 9.53 Å². The van der Waals surface area contributed by atoms with Gasteiger partial charge in [0.25, 0.3) is 0 Å². The minimum absolute atomic E-state index is 0.197. The summed E-state index contributed by atoms with van der Waals surface area (Å²) in [4.78, 5) is 1.00. The molecule has 2 nitrogen and oxygen atoms in total. The fourth-order valence-corrected chi connectivity index (χ4v) is 3.80. The van der Waals surface area contributed by atoms with Crippen molar-refractivity contribution in [1.29, 1.82) is 0 Å². The summed E-state index contributed by atoms with van der Waals surface area (Å²) < 4.78 is 7.51. The fourth-order valence-electron chi connectivity index (χ4n) is 1.75. The Balaban J connectivity index is 2.33. The molecule has 0 spiro atoms. The first-order valence-corrected chi connectivity index (χ1v) is 10.7. The summed E-state index contributed by atoms with van der Waals surface area (Å²) in [5, 5.41) is 11.0. The average Bonchev–Trinajstić information content (AvgIpc) is 2.69. The Morgan fingerprint density at radius 1 is 1.20 bits per heavy atom. The molecule has 1 aromatic carbocycles.